The molecule has 9 nitrogen and oxygen atoms in total. The van der Waals surface area contributed by atoms with Crippen LogP contribution in [0.1, 0.15) is 54.2 Å². The lowest BCUT2D eigenvalue weighted by molar-refractivity contribution is -0.142. The number of amides is 2. The number of furan rings is 1. The molecule has 0 bridgehead atoms. The Kier molecular flexibility index (Phi) is 8.72. The fourth-order valence-electron chi connectivity index (χ4n) is 4.83. The van der Waals surface area contributed by atoms with Crippen LogP contribution in [0.25, 0.3) is 21.9 Å². The van der Waals surface area contributed by atoms with Gasteiger partial charge in [-0.2, -0.15) is 0 Å². The molecule has 4 rings (SSSR count). The van der Waals surface area contributed by atoms with Crippen molar-refractivity contribution in [1.29, 1.82) is 0 Å². The third-order valence-corrected chi connectivity index (χ3v) is 7.32. The van der Waals surface area contributed by atoms with E-state index in [2.05, 4.69) is 10.6 Å². The molecule has 9 heteroatoms. The van der Waals surface area contributed by atoms with Gasteiger partial charge in [0.05, 0.1) is 12.0 Å². The van der Waals surface area contributed by atoms with E-state index in [9.17, 15) is 24.3 Å². The van der Waals surface area contributed by atoms with Gasteiger partial charge in [0, 0.05) is 23.3 Å². The molecule has 2 amide bonds. The molecule has 40 heavy (non-hydrogen) atoms. The summed E-state index contributed by atoms with van der Waals surface area (Å²) < 4.78 is 11.3. The first kappa shape index (κ1) is 28.6. The van der Waals surface area contributed by atoms with E-state index in [1.165, 1.54) is 0 Å². The van der Waals surface area contributed by atoms with Crippen LogP contribution in [-0.2, 0) is 27.2 Å². The fraction of sp³-hybridized carbons (Fsp3) is 0.355. The molecule has 0 radical (unpaired) electrons. The van der Waals surface area contributed by atoms with Crippen LogP contribution in [0.5, 0.6) is 0 Å². The van der Waals surface area contributed by atoms with E-state index >= 15 is 0 Å². The van der Waals surface area contributed by atoms with E-state index in [0.29, 0.717) is 35.0 Å². The number of carbonyl (C=O) groups is 3. The average Bonchev–Trinajstić information content (AvgIpc) is 3.20. The number of carbonyl (C=O) groups excluding carboxylic acids is 2. The SMILES string of the molecule is CCCC[C@@H](NC(=O)Cc1c(C)c2cc3c(C)c(C)oc3cc2oc1=O)C(=O)N[C@@H](Cc1ccccc1)C(=O)O. The molecule has 0 fully saturated rings. The summed E-state index contributed by atoms with van der Waals surface area (Å²) in [5, 5.41) is 16.6. The molecule has 0 saturated heterocycles. The zero-order valence-electron chi connectivity index (χ0n) is 23.1. The molecule has 0 aliphatic carbocycles. The smallest absolute Gasteiger partial charge is 0.340 e. The fourth-order valence-corrected chi connectivity index (χ4v) is 4.83. The van der Waals surface area contributed by atoms with E-state index < -0.39 is 35.5 Å². The largest absolute Gasteiger partial charge is 0.480 e. The Labute approximate surface area is 231 Å². The van der Waals surface area contributed by atoms with Crippen LogP contribution < -0.4 is 16.3 Å². The maximum atomic E-state index is 13.1. The molecule has 2 heterocycles. The zero-order valence-corrected chi connectivity index (χ0v) is 23.1. The Morgan fingerprint density at radius 3 is 2.25 bits per heavy atom. The Balaban J connectivity index is 1.53. The van der Waals surface area contributed by atoms with Gasteiger partial charge in [-0.1, -0.05) is 50.1 Å². The van der Waals surface area contributed by atoms with Crippen molar-refractivity contribution in [3.05, 3.63) is 80.9 Å². The molecule has 2 aromatic heterocycles. The minimum atomic E-state index is -1.17. The van der Waals surface area contributed by atoms with Crippen LogP contribution in [0.2, 0.25) is 0 Å². The number of fused-ring (bicyclic) bond motifs is 2. The van der Waals surface area contributed by atoms with Gasteiger partial charge in [-0.05, 0) is 49.9 Å². The summed E-state index contributed by atoms with van der Waals surface area (Å²) in [7, 11) is 0. The number of nitrogens with one attached hydrogen (secondary N) is 2. The van der Waals surface area contributed by atoms with E-state index in [1.54, 1.807) is 37.3 Å². The van der Waals surface area contributed by atoms with Gasteiger partial charge in [0.1, 0.15) is 29.0 Å². The van der Waals surface area contributed by atoms with Crippen LogP contribution in [0.4, 0.5) is 0 Å². The summed E-state index contributed by atoms with van der Waals surface area (Å²) in [5.74, 6) is -1.51. The maximum Gasteiger partial charge on any atom is 0.340 e. The van der Waals surface area contributed by atoms with Crippen molar-refractivity contribution < 1.29 is 28.3 Å². The van der Waals surface area contributed by atoms with Gasteiger partial charge in [0.15, 0.2) is 0 Å². The van der Waals surface area contributed by atoms with Gasteiger partial charge in [-0.3, -0.25) is 9.59 Å². The topological polar surface area (TPSA) is 139 Å². The summed E-state index contributed by atoms with van der Waals surface area (Å²) in [5.41, 5.74) is 2.91. The van der Waals surface area contributed by atoms with Crippen LogP contribution in [-0.4, -0.2) is 35.0 Å². The van der Waals surface area contributed by atoms with E-state index in [4.69, 9.17) is 8.83 Å². The number of carboxylic acids is 1. The van der Waals surface area contributed by atoms with E-state index in [-0.39, 0.29) is 18.4 Å². The summed E-state index contributed by atoms with van der Waals surface area (Å²) in [6, 6.07) is 10.5. The molecule has 0 unspecified atom stereocenters. The van der Waals surface area contributed by atoms with E-state index in [1.807, 2.05) is 32.9 Å². The molecule has 2 atom stereocenters. The summed E-state index contributed by atoms with van der Waals surface area (Å²) in [4.78, 5) is 51.0. The van der Waals surface area contributed by atoms with Gasteiger partial charge in [-0.15, -0.1) is 0 Å². The van der Waals surface area contributed by atoms with Crippen molar-refractivity contribution in [3.63, 3.8) is 0 Å². The highest BCUT2D eigenvalue weighted by Gasteiger charge is 2.27. The van der Waals surface area contributed by atoms with Crippen LogP contribution in [0.3, 0.4) is 0 Å². The molecule has 0 saturated carbocycles. The Morgan fingerprint density at radius 1 is 0.900 bits per heavy atom. The number of aryl methyl sites for hydroxylation is 3. The predicted molar refractivity (Wildman–Crippen MR) is 151 cm³/mol. The van der Waals surface area contributed by atoms with Gasteiger partial charge >= 0.3 is 11.6 Å². The molecule has 3 N–H and O–H groups in total. The highest BCUT2D eigenvalue weighted by atomic mass is 16.4. The lowest BCUT2D eigenvalue weighted by atomic mass is 10.0. The van der Waals surface area contributed by atoms with Crippen LogP contribution in [0, 0.1) is 20.8 Å². The minimum absolute atomic E-state index is 0.108. The number of hydrogen-bond acceptors (Lipinski definition) is 6. The monoisotopic (exact) mass is 546 g/mol. The Morgan fingerprint density at radius 2 is 1.57 bits per heavy atom. The van der Waals surface area contributed by atoms with Crippen molar-refractivity contribution in [2.24, 2.45) is 0 Å². The van der Waals surface area contributed by atoms with Gasteiger partial charge in [0.25, 0.3) is 0 Å². The standard InChI is InChI=1S/C31H34N2O7/c1-5-6-12-24(29(35)33-25(30(36)37)13-20-10-8-7-9-11-20)32-28(34)15-23-18(3)22-14-21-17(2)19(4)39-26(21)16-27(22)40-31(23)38/h7-11,14,16,24-25H,5-6,12-13,15H2,1-4H3,(H,32,34)(H,33,35)(H,36,37)/t24-,25+/m1/s1. The minimum Gasteiger partial charge on any atom is -0.480 e. The highest BCUT2D eigenvalue weighted by molar-refractivity contribution is 5.97. The first-order chi connectivity index (χ1) is 19.1. The first-order valence-corrected chi connectivity index (χ1v) is 13.4. The Bertz CT molecular complexity index is 1620. The molecule has 0 spiro atoms. The number of aliphatic carboxylic acids is 1. The van der Waals surface area contributed by atoms with Gasteiger partial charge < -0.3 is 24.6 Å². The van der Waals surface area contributed by atoms with Gasteiger partial charge in [-0.25, -0.2) is 9.59 Å². The molecular weight excluding hydrogens is 512 g/mol. The molecule has 210 valence electrons. The number of rotatable bonds is 11. The Hall–Kier alpha value is -4.40. The van der Waals surface area contributed by atoms with Crippen molar-refractivity contribution in [2.75, 3.05) is 0 Å². The molecule has 2 aromatic carbocycles. The molecule has 0 aliphatic rings. The molecule has 4 aromatic rings. The second-order valence-corrected chi connectivity index (χ2v) is 10.1. The number of hydrogen-bond donors (Lipinski definition) is 3. The third kappa shape index (κ3) is 6.25. The summed E-state index contributed by atoms with van der Waals surface area (Å²) in [6.07, 6.45) is 1.57. The number of unbranched alkanes of at least 4 members (excludes halogenated alkanes) is 1. The lowest BCUT2D eigenvalue weighted by Crippen LogP contribution is -2.52. The number of benzene rings is 2. The second kappa shape index (κ2) is 12.2. The van der Waals surface area contributed by atoms with E-state index in [0.717, 1.165) is 28.7 Å². The predicted octanol–water partition coefficient (Wildman–Crippen LogP) is 4.49. The summed E-state index contributed by atoms with van der Waals surface area (Å²) >= 11 is 0. The molecular formula is C31H34N2O7. The van der Waals surface area contributed by atoms with Crippen molar-refractivity contribution in [3.8, 4) is 0 Å². The molecule has 0 aliphatic heterocycles. The van der Waals surface area contributed by atoms with Crippen molar-refractivity contribution >= 4 is 39.7 Å². The second-order valence-electron chi connectivity index (χ2n) is 10.1. The lowest BCUT2D eigenvalue weighted by Gasteiger charge is -2.22. The number of carboxylic acid groups (broad SMARTS) is 1. The van der Waals surface area contributed by atoms with Crippen molar-refractivity contribution in [1.82, 2.24) is 10.6 Å². The average molecular weight is 547 g/mol. The van der Waals surface area contributed by atoms with Crippen molar-refractivity contribution in [2.45, 2.75) is 71.9 Å². The zero-order chi connectivity index (χ0) is 29.0. The maximum absolute atomic E-state index is 13.1. The quantitative estimate of drug-likeness (QED) is 0.236. The van der Waals surface area contributed by atoms with Crippen LogP contribution in [0.15, 0.2) is 56.1 Å². The summed E-state index contributed by atoms with van der Waals surface area (Å²) in [6.45, 7) is 7.53. The third-order valence-electron chi connectivity index (χ3n) is 7.32. The normalized spacial score (nSPS) is 12.8. The van der Waals surface area contributed by atoms with Gasteiger partial charge in [0.2, 0.25) is 11.8 Å². The van der Waals surface area contributed by atoms with Crippen LogP contribution >= 0.6 is 0 Å². The first-order valence-electron chi connectivity index (χ1n) is 13.4. The highest BCUT2D eigenvalue weighted by Crippen LogP contribution is 2.31.